The van der Waals surface area contributed by atoms with E-state index in [0.717, 1.165) is 18.4 Å². The molecule has 1 N–H and O–H groups in total. The van der Waals surface area contributed by atoms with Gasteiger partial charge in [-0.2, -0.15) is 5.26 Å². The molecule has 0 radical (unpaired) electrons. The number of methoxy groups -OCH3 is 1. The van der Waals surface area contributed by atoms with Crippen LogP contribution in [0.3, 0.4) is 0 Å². The maximum Gasteiger partial charge on any atom is 0.255 e. The Morgan fingerprint density at radius 2 is 2.03 bits per heavy atom. The van der Waals surface area contributed by atoms with Crippen molar-refractivity contribution in [2.24, 2.45) is 11.3 Å². The molecule has 0 spiro atoms. The van der Waals surface area contributed by atoms with Crippen molar-refractivity contribution in [1.29, 1.82) is 5.26 Å². The average Bonchev–Trinajstić information content (AvgIpc) is 3.57. The molecule has 2 saturated heterocycles. The van der Waals surface area contributed by atoms with Gasteiger partial charge < -0.3 is 19.9 Å². The highest BCUT2D eigenvalue weighted by Gasteiger charge is 2.56. The van der Waals surface area contributed by atoms with Crippen LogP contribution in [0.4, 0.5) is 17.3 Å². The highest BCUT2D eigenvalue weighted by atomic mass is 16.5. The predicted molar refractivity (Wildman–Crippen MR) is 121 cm³/mol. The maximum atomic E-state index is 13.1. The van der Waals surface area contributed by atoms with E-state index in [1.165, 1.54) is 0 Å². The molecule has 9 heteroatoms. The quantitative estimate of drug-likeness (QED) is 0.726. The number of carbonyl (C=O) groups excluding carboxylic acids is 2. The van der Waals surface area contributed by atoms with E-state index in [1.54, 1.807) is 41.4 Å². The van der Waals surface area contributed by atoms with Gasteiger partial charge in [0.2, 0.25) is 5.91 Å². The van der Waals surface area contributed by atoms with Crippen LogP contribution >= 0.6 is 0 Å². The standard InChI is InChI=1S/C24H26N6O3/c1-15-9-20(27-11-19(15)22(31)29-12-18(13-29)33-2)28-21-10-17(5-7-26-21)30-8-6-24(14-25,23(30)32)16-3-4-16/h5,7,9-11,16,18H,3-4,6,8,12-13H2,1-2H3,(H,26,27,28)/t24-/m1/s1. The van der Waals surface area contributed by atoms with E-state index < -0.39 is 5.41 Å². The van der Waals surface area contributed by atoms with Crippen LogP contribution in [-0.2, 0) is 9.53 Å². The van der Waals surface area contributed by atoms with Crippen LogP contribution < -0.4 is 10.2 Å². The van der Waals surface area contributed by atoms with Gasteiger partial charge in [-0.15, -0.1) is 0 Å². The number of rotatable bonds is 6. The molecule has 2 amide bonds. The SMILES string of the molecule is COC1CN(C(=O)c2cnc(Nc3cc(N4CC[C@@](C#N)(C5CC5)C4=O)ccn3)cc2C)C1. The second kappa shape index (κ2) is 8.12. The van der Waals surface area contributed by atoms with Gasteiger partial charge in [-0.1, -0.05) is 0 Å². The molecule has 3 aliphatic rings. The highest BCUT2D eigenvalue weighted by molar-refractivity contribution is 6.02. The summed E-state index contributed by atoms with van der Waals surface area (Å²) in [6.07, 6.45) is 5.78. The Balaban J connectivity index is 1.29. The smallest absolute Gasteiger partial charge is 0.255 e. The first-order valence-corrected chi connectivity index (χ1v) is 11.2. The number of nitriles is 1. The number of pyridine rings is 2. The lowest BCUT2D eigenvalue weighted by Gasteiger charge is -2.38. The number of ether oxygens (including phenoxy) is 1. The zero-order chi connectivity index (χ0) is 23.2. The number of hydrogen-bond acceptors (Lipinski definition) is 7. The van der Waals surface area contributed by atoms with Crippen LogP contribution in [0.15, 0.2) is 30.6 Å². The van der Waals surface area contributed by atoms with E-state index in [2.05, 4.69) is 21.4 Å². The van der Waals surface area contributed by atoms with Gasteiger partial charge in [0.1, 0.15) is 17.1 Å². The molecule has 9 nitrogen and oxygen atoms in total. The summed E-state index contributed by atoms with van der Waals surface area (Å²) >= 11 is 0. The summed E-state index contributed by atoms with van der Waals surface area (Å²) in [5, 5.41) is 12.9. The predicted octanol–water partition coefficient (Wildman–Crippen LogP) is 2.66. The van der Waals surface area contributed by atoms with Crippen molar-refractivity contribution in [1.82, 2.24) is 14.9 Å². The Hall–Kier alpha value is -3.51. The van der Waals surface area contributed by atoms with Gasteiger partial charge in [0.05, 0.1) is 17.7 Å². The van der Waals surface area contributed by atoms with E-state index >= 15 is 0 Å². The number of anilines is 3. The monoisotopic (exact) mass is 446 g/mol. The first-order chi connectivity index (χ1) is 15.9. The van der Waals surface area contributed by atoms with Crippen molar-refractivity contribution < 1.29 is 14.3 Å². The number of carbonyl (C=O) groups is 2. The van der Waals surface area contributed by atoms with Crippen molar-refractivity contribution in [3.63, 3.8) is 0 Å². The van der Waals surface area contributed by atoms with Crippen LogP contribution in [0.2, 0.25) is 0 Å². The van der Waals surface area contributed by atoms with Crippen LogP contribution in [0, 0.1) is 29.6 Å². The number of nitrogens with zero attached hydrogens (tertiary/aromatic N) is 5. The van der Waals surface area contributed by atoms with Crippen molar-refractivity contribution >= 4 is 29.1 Å². The summed E-state index contributed by atoms with van der Waals surface area (Å²) in [5.41, 5.74) is 1.21. The molecule has 0 unspecified atom stereocenters. The molecule has 1 atom stereocenters. The summed E-state index contributed by atoms with van der Waals surface area (Å²) < 4.78 is 5.24. The largest absolute Gasteiger partial charge is 0.378 e. The molecular formula is C24H26N6O3. The zero-order valence-electron chi connectivity index (χ0n) is 18.7. The molecule has 1 saturated carbocycles. The fourth-order valence-corrected chi connectivity index (χ4v) is 4.69. The van der Waals surface area contributed by atoms with E-state index in [1.807, 2.05) is 13.0 Å². The minimum atomic E-state index is -0.877. The van der Waals surface area contributed by atoms with E-state index in [-0.39, 0.29) is 23.8 Å². The second-order valence-corrected chi connectivity index (χ2v) is 9.04. The lowest BCUT2D eigenvalue weighted by Crippen LogP contribution is -2.54. The molecular weight excluding hydrogens is 420 g/mol. The summed E-state index contributed by atoms with van der Waals surface area (Å²) in [7, 11) is 1.65. The van der Waals surface area contributed by atoms with Gasteiger partial charge in [0, 0.05) is 50.9 Å². The minimum absolute atomic E-state index is 0.0517. The molecule has 0 aromatic carbocycles. The minimum Gasteiger partial charge on any atom is -0.378 e. The molecule has 2 aromatic rings. The topological polar surface area (TPSA) is 111 Å². The molecule has 5 rings (SSSR count). The average molecular weight is 447 g/mol. The molecule has 4 heterocycles. The lowest BCUT2D eigenvalue weighted by molar-refractivity contribution is -0.123. The van der Waals surface area contributed by atoms with Gasteiger partial charge in [-0.3, -0.25) is 9.59 Å². The number of aryl methyl sites for hydroxylation is 1. The highest BCUT2D eigenvalue weighted by Crippen LogP contribution is 2.51. The van der Waals surface area contributed by atoms with Crippen molar-refractivity contribution in [3.05, 3.63) is 41.7 Å². The summed E-state index contributed by atoms with van der Waals surface area (Å²) in [6, 6.07) is 7.70. The van der Waals surface area contributed by atoms with Crippen LogP contribution in [0.5, 0.6) is 0 Å². The Morgan fingerprint density at radius 3 is 2.70 bits per heavy atom. The first-order valence-electron chi connectivity index (χ1n) is 11.2. The van der Waals surface area contributed by atoms with Gasteiger partial charge >= 0.3 is 0 Å². The van der Waals surface area contributed by atoms with E-state index in [9.17, 15) is 14.9 Å². The molecule has 170 valence electrons. The first kappa shape index (κ1) is 21.3. The van der Waals surface area contributed by atoms with Crippen LogP contribution in [0.25, 0.3) is 0 Å². The van der Waals surface area contributed by atoms with Crippen molar-refractivity contribution in [2.45, 2.75) is 32.3 Å². The Labute approximate surface area is 192 Å². The molecule has 0 bridgehead atoms. The number of likely N-dealkylation sites (tertiary alicyclic amines) is 1. The Bertz CT molecular complexity index is 1150. The molecule has 2 aliphatic heterocycles. The number of hydrogen-bond donors (Lipinski definition) is 1. The second-order valence-electron chi connectivity index (χ2n) is 9.04. The zero-order valence-corrected chi connectivity index (χ0v) is 18.7. The van der Waals surface area contributed by atoms with Gasteiger partial charge in [0.25, 0.3) is 5.91 Å². The fraction of sp³-hybridized carbons (Fsp3) is 0.458. The number of amides is 2. The summed E-state index contributed by atoms with van der Waals surface area (Å²) in [4.78, 5) is 37.9. The lowest BCUT2D eigenvalue weighted by atomic mass is 9.83. The van der Waals surface area contributed by atoms with Gasteiger partial charge in [-0.05, 0) is 49.8 Å². The van der Waals surface area contributed by atoms with Crippen LogP contribution in [-0.4, -0.2) is 59.5 Å². The fourth-order valence-electron chi connectivity index (χ4n) is 4.69. The third kappa shape index (κ3) is 3.70. The van der Waals surface area contributed by atoms with Gasteiger partial charge in [-0.25, -0.2) is 9.97 Å². The maximum absolute atomic E-state index is 13.1. The molecule has 33 heavy (non-hydrogen) atoms. The van der Waals surface area contributed by atoms with Crippen LogP contribution in [0.1, 0.15) is 35.2 Å². The third-order valence-electron chi connectivity index (χ3n) is 6.95. The normalized spacial score (nSPS) is 22.8. The molecule has 2 aromatic heterocycles. The van der Waals surface area contributed by atoms with Gasteiger partial charge in [0.15, 0.2) is 0 Å². The van der Waals surface area contributed by atoms with Crippen molar-refractivity contribution in [2.75, 3.05) is 37.0 Å². The molecule has 3 fully saturated rings. The molecule has 1 aliphatic carbocycles. The third-order valence-corrected chi connectivity index (χ3v) is 6.95. The summed E-state index contributed by atoms with van der Waals surface area (Å²) in [6.45, 7) is 3.59. The van der Waals surface area contributed by atoms with Crippen molar-refractivity contribution in [3.8, 4) is 6.07 Å². The number of nitrogens with one attached hydrogen (secondary N) is 1. The Kier molecular flexibility index (Phi) is 5.25. The number of aromatic nitrogens is 2. The summed E-state index contributed by atoms with van der Waals surface area (Å²) in [5.74, 6) is 1.12. The van der Waals surface area contributed by atoms with E-state index in [0.29, 0.717) is 48.9 Å². The Morgan fingerprint density at radius 1 is 1.27 bits per heavy atom. The van der Waals surface area contributed by atoms with E-state index in [4.69, 9.17) is 4.74 Å².